The highest BCUT2D eigenvalue weighted by atomic mass is 32.1. The maximum atomic E-state index is 12.4. The number of carbonyl (C=O) groups is 1. The number of rotatable bonds is 23. The second-order valence-electron chi connectivity index (χ2n) is 10.5. The van der Waals surface area contributed by atoms with E-state index in [0.29, 0.717) is 12.2 Å². The van der Waals surface area contributed by atoms with Crippen molar-refractivity contribution in [3.63, 3.8) is 0 Å². The van der Waals surface area contributed by atoms with E-state index in [2.05, 4.69) is 30.1 Å². The highest BCUT2D eigenvalue weighted by Gasteiger charge is 2.14. The molecule has 0 aliphatic heterocycles. The lowest BCUT2D eigenvalue weighted by Crippen LogP contribution is -2.30. The quantitative estimate of drug-likeness (QED) is 0.0803. The molecular weight excluding hydrogens is 494 g/mol. The van der Waals surface area contributed by atoms with Crippen LogP contribution in [0.5, 0.6) is 0 Å². The standard InChI is InChI=1S/C32H52NO4S/c1-4-5-6-7-8-9-10-11-12-13-14-15-16-17-22-36-25-31(35-3)26-37-32(34)30-20-18-29(19-21-30)24-33-23-28(2)38-27-33/h18-21,23,27,31H,4-17,22,24-26H2,1-3H3/q+1. The Balaban J connectivity index is 1.44. The zero-order chi connectivity index (χ0) is 27.3. The first kappa shape index (κ1) is 32.5. The van der Waals surface area contributed by atoms with Crippen LogP contribution in [0.2, 0.25) is 0 Å². The summed E-state index contributed by atoms with van der Waals surface area (Å²) in [7, 11) is 1.63. The van der Waals surface area contributed by atoms with Gasteiger partial charge in [-0.25, -0.2) is 4.79 Å². The van der Waals surface area contributed by atoms with E-state index in [1.807, 2.05) is 24.3 Å². The van der Waals surface area contributed by atoms with Crippen molar-refractivity contribution in [1.82, 2.24) is 0 Å². The molecule has 0 saturated carbocycles. The van der Waals surface area contributed by atoms with Gasteiger partial charge in [0.15, 0.2) is 12.7 Å². The van der Waals surface area contributed by atoms with Crippen molar-refractivity contribution in [2.75, 3.05) is 26.9 Å². The van der Waals surface area contributed by atoms with Crippen LogP contribution in [0, 0.1) is 6.92 Å². The lowest BCUT2D eigenvalue weighted by atomic mass is 10.0. The van der Waals surface area contributed by atoms with Crippen LogP contribution in [0.4, 0.5) is 0 Å². The van der Waals surface area contributed by atoms with Crippen LogP contribution in [-0.2, 0) is 20.8 Å². The van der Waals surface area contributed by atoms with Gasteiger partial charge >= 0.3 is 5.97 Å². The summed E-state index contributed by atoms with van der Waals surface area (Å²) in [6, 6.07) is 7.60. The lowest BCUT2D eigenvalue weighted by Gasteiger charge is -2.16. The highest BCUT2D eigenvalue weighted by molar-refractivity contribution is 7.09. The lowest BCUT2D eigenvalue weighted by molar-refractivity contribution is -0.683. The van der Waals surface area contributed by atoms with E-state index < -0.39 is 0 Å². The first-order valence-corrected chi connectivity index (χ1v) is 15.8. The second-order valence-corrected chi connectivity index (χ2v) is 11.6. The number of hydrogen-bond donors (Lipinski definition) is 0. The van der Waals surface area contributed by atoms with Crippen molar-refractivity contribution in [3.8, 4) is 0 Å². The van der Waals surface area contributed by atoms with Crippen molar-refractivity contribution in [3.05, 3.63) is 52.0 Å². The van der Waals surface area contributed by atoms with Crippen LogP contribution < -0.4 is 4.57 Å². The Morgan fingerprint density at radius 3 is 1.95 bits per heavy atom. The molecule has 38 heavy (non-hydrogen) atoms. The van der Waals surface area contributed by atoms with Crippen LogP contribution >= 0.6 is 11.3 Å². The number of benzene rings is 1. The van der Waals surface area contributed by atoms with E-state index in [9.17, 15) is 4.79 Å². The maximum Gasteiger partial charge on any atom is 0.338 e. The van der Waals surface area contributed by atoms with Gasteiger partial charge in [-0.3, -0.25) is 0 Å². The van der Waals surface area contributed by atoms with E-state index in [4.69, 9.17) is 14.2 Å². The van der Waals surface area contributed by atoms with Gasteiger partial charge in [0, 0.05) is 19.3 Å². The molecule has 1 atom stereocenters. The third-order valence-corrected chi connectivity index (χ3v) is 7.81. The van der Waals surface area contributed by atoms with E-state index in [1.54, 1.807) is 18.4 Å². The Labute approximate surface area is 235 Å². The molecule has 1 aromatic carbocycles. The van der Waals surface area contributed by atoms with Crippen LogP contribution in [0.25, 0.3) is 0 Å². The molecule has 0 amide bonds. The number of aromatic nitrogens is 1. The Kier molecular flexibility index (Phi) is 18.0. The molecule has 2 rings (SSSR count). The van der Waals surface area contributed by atoms with Gasteiger partial charge in [-0.1, -0.05) is 114 Å². The molecule has 0 fully saturated rings. The fraction of sp³-hybridized carbons (Fsp3) is 0.688. The summed E-state index contributed by atoms with van der Waals surface area (Å²) < 4.78 is 18.9. The van der Waals surface area contributed by atoms with Gasteiger partial charge in [-0.15, -0.1) is 0 Å². The molecule has 0 spiro atoms. The molecule has 0 aliphatic rings. The van der Waals surface area contributed by atoms with Crippen molar-refractivity contribution in [1.29, 1.82) is 0 Å². The van der Waals surface area contributed by atoms with Crippen molar-refractivity contribution < 1.29 is 23.6 Å². The summed E-state index contributed by atoms with van der Waals surface area (Å²) in [5.41, 5.74) is 3.80. The highest BCUT2D eigenvalue weighted by Crippen LogP contribution is 2.13. The molecule has 0 N–H and O–H groups in total. The number of esters is 1. The van der Waals surface area contributed by atoms with Crippen LogP contribution in [-0.4, -0.2) is 39.0 Å². The predicted octanol–water partition coefficient (Wildman–Crippen LogP) is 8.06. The summed E-state index contributed by atoms with van der Waals surface area (Å²) in [4.78, 5) is 13.7. The molecule has 1 heterocycles. The molecule has 6 heteroatoms. The number of methoxy groups -OCH3 is 1. The summed E-state index contributed by atoms with van der Waals surface area (Å²) in [5, 5.41) is 0. The molecule has 2 aromatic rings. The van der Waals surface area contributed by atoms with Crippen LogP contribution in [0.1, 0.15) is 118 Å². The molecule has 0 aliphatic carbocycles. The first-order chi connectivity index (χ1) is 18.6. The molecule has 1 aromatic heterocycles. The number of hydrogen-bond acceptors (Lipinski definition) is 5. The smallest absolute Gasteiger partial charge is 0.338 e. The summed E-state index contributed by atoms with van der Waals surface area (Å²) in [5.74, 6) is -0.329. The van der Waals surface area contributed by atoms with E-state index in [-0.39, 0.29) is 18.7 Å². The van der Waals surface area contributed by atoms with E-state index in [1.165, 1.54) is 88.3 Å². The number of unbranched alkanes of at least 4 members (excludes halogenated alkanes) is 13. The average Bonchev–Trinajstić information content (AvgIpc) is 3.34. The minimum absolute atomic E-state index is 0.194. The number of thiazole rings is 1. The Hall–Kier alpha value is -1.76. The minimum atomic E-state index is -0.329. The van der Waals surface area contributed by atoms with Crippen LogP contribution in [0.3, 0.4) is 0 Å². The molecule has 5 nitrogen and oxygen atoms in total. The van der Waals surface area contributed by atoms with Gasteiger partial charge in [0.05, 0.1) is 17.0 Å². The average molecular weight is 547 g/mol. The minimum Gasteiger partial charge on any atom is -0.459 e. The number of nitrogens with zero attached hydrogens (tertiary/aromatic N) is 1. The van der Waals surface area contributed by atoms with E-state index in [0.717, 1.165) is 25.1 Å². The molecule has 0 saturated heterocycles. The van der Waals surface area contributed by atoms with Crippen molar-refractivity contribution >= 4 is 17.3 Å². The predicted molar refractivity (Wildman–Crippen MR) is 157 cm³/mol. The fourth-order valence-electron chi connectivity index (χ4n) is 4.53. The molecule has 214 valence electrons. The van der Waals surface area contributed by atoms with Gasteiger partial charge in [0.2, 0.25) is 5.51 Å². The van der Waals surface area contributed by atoms with E-state index >= 15 is 0 Å². The third-order valence-electron chi connectivity index (χ3n) is 6.96. The van der Waals surface area contributed by atoms with Gasteiger partial charge < -0.3 is 14.2 Å². The number of aryl methyl sites for hydroxylation is 1. The van der Waals surface area contributed by atoms with Gasteiger partial charge in [0.25, 0.3) is 0 Å². The SMILES string of the molecule is CCCCCCCCCCCCCCCCOCC(COC(=O)c1ccc(C[n+]2csc(C)c2)cc1)OC. The largest absolute Gasteiger partial charge is 0.459 e. The Bertz CT molecular complexity index is 851. The Morgan fingerprint density at radius 2 is 1.42 bits per heavy atom. The summed E-state index contributed by atoms with van der Waals surface area (Å²) in [6.07, 6.45) is 20.8. The van der Waals surface area contributed by atoms with Gasteiger partial charge in [-0.05, 0) is 25.5 Å². The van der Waals surface area contributed by atoms with Crippen molar-refractivity contribution in [2.24, 2.45) is 0 Å². The zero-order valence-electron chi connectivity index (χ0n) is 24.3. The molecule has 0 bridgehead atoms. The topological polar surface area (TPSA) is 48.6 Å². The molecular formula is C32H52NO4S+. The van der Waals surface area contributed by atoms with Gasteiger partial charge in [0.1, 0.15) is 12.7 Å². The molecule has 0 radical (unpaired) electrons. The first-order valence-electron chi connectivity index (χ1n) is 14.9. The summed E-state index contributed by atoms with van der Waals surface area (Å²) >= 11 is 1.73. The Morgan fingerprint density at radius 1 is 0.842 bits per heavy atom. The zero-order valence-corrected chi connectivity index (χ0v) is 25.1. The number of carbonyl (C=O) groups excluding carboxylic acids is 1. The third kappa shape index (κ3) is 15.0. The fourth-order valence-corrected chi connectivity index (χ4v) is 5.17. The molecule has 1 unspecified atom stereocenters. The summed E-state index contributed by atoms with van der Waals surface area (Å²) in [6.45, 7) is 6.54. The van der Waals surface area contributed by atoms with Gasteiger partial charge in [-0.2, -0.15) is 4.57 Å². The van der Waals surface area contributed by atoms with Crippen molar-refractivity contribution in [2.45, 2.75) is 116 Å². The maximum absolute atomic E-state index is 12.4. The normalized spacial score (nSPS) is 12.1. The van der Waals surface area contributed by atoms with Crippen LogP contribution in [0.15, 0.2) is 36.0 Å². The number of ether oxygens (including phenoxy) is 3. The second kappa shape index (κ2) is 21.1. The monoisotopic (exact) mass is 546 g/mol.